The Morgan fingerprint density at radius 1 is 1.29 bits per heavy atom. The van der Waals surface area contributed by atoms with Crippen LogP contribution in [0.3, 0.4) is 0 Å². The van der Waals surface area contributed by atoms with Gasteiger partial charge in [0.1, 0.15) is 5.75 Å². The average molecular weight is 311 g/mol. The monoisotopic (exact) mass is 310 g/mol. The number of piperidine rings is 1. The van der Waals surface area contributed by atoms with Gasteiger partial charge in [-0.1, -0.05) is 11.6 Å². The molecule has 1 aliphatic heterocycles. The van der Waals surface area contributed by atoms with Crippen molar-refractivity contribution in [2.24, 2.45) is 0 Å². The molecule has 0 radical (unpaired) electrons. The molecule has 1 saturated heterocycles. The third-order valence-corrected chi connectivity index (χ3v) is 4.06. The second kappa shape index (κ2) is 6.35. The lowest BCUT2D eigenvalue weighted by molar-refractivity contribution is -0.147. The number of phenolic OH excluding ortho intramolecular Hbond substituents is 1. The number of hydrogen-bond acceptors (Lipinski definition) is 3. The molecule has 2 atom stereocenters. The van der Waals surface area contributed by atoms with Gasteiger partial charge in [-0.3, -0.25) is 9.59 Å². The Kier molecular flexibility index (Phi) is 4.73. The van der Waals surface area contributed by atoms with Crippen molar-refractivity contribution in [2.45, 2.75) is 45.2 Å². The number of aromatic hydroxyl groups is 1. The molecule has 114 valence electrons. The predicted octanol–water partition coefficient (Wildman–Crippen LogP) is 2.77. The Morgan fingerprint density at radius 3 is 2.52 bits per heavy atom. The number of halogens is 1. The maximum Gasteiger partial charge on any atom is 0.314 e. The van der Waals surface area contributed by atoms with Gasteiger partial charge >= 0.3 is 11.8 Å². The number of likely N-dealkylation sites (tertiary alicyclic amines) is 1. The van der Waals surface area contributed by atoms with Crippen molar-refractivity contribution in [2.75, 3.05) is 5.32 Å². The van der Waals surface area contributed by atoms with Crippen molar-refractivity contribution in [3.05, 3.63) is 23.2 Å². The van der Waals surface area contributed by atoms with Crippen molar-refractivity contribution in [1.82, 2.24) is 4.90 Å². The highest BCUT2D eigenvalue weighted by Gasteiger charge is 2.32. The summed E-state index contributed by atoms with van der Waals surface area (Å²) in [6, 6.07) is 4.36. The molecule has 0 bridgehead atoms. The Balaban J connectivity index is 2.12. The van der Waals surface area contributed by atoms with E-state index in [0.29, 0.717) is 5.02 Å². The van der Waals surface area contributed by atoms with E-state index in [1.165, 1.54) is 18.2 Å². The van der Waals surface area contributed by atoms with Gasteiger partial charge in [-0.25, -0.2) is 0 Å². The molecule has 2 amide bonds. The van der Waals surface area contributed by atoms with Crippen LogP contribution in [0.4, 0.5) is 5.69 Å². The lowest BCUT2D eigenvalue weighted by atomic mass is 9.97. The van der Waals surface area contributed by atoms with Crippen molar-refractivity contribution in [3.8, 4) is 5.75 Å². The van der Waals surface area contributed by atoms with Gasteiger partial charge in [-0.15, -0.1) is 0 Å². The molecule has 0 saturated carbocycles. The molecule has 0 aromatic heterocycles. The first kappa shape index (κ1) is 15.6. The smallest absolute Gasteiger partial charge is 0.314 e. The molecule has 2 unspecified atom stereocenters. The zero-order valence-electron chi connectivity index (χ0n) is 12.1. The molecule has 2 rings (SSSR count). The summed E-state index contributed by atoms with van der Waals surface area (Å²) in [4.78, 5) is 26.0. The van der Waals surface area contributed by atoms with Gasteiger partial charge in [0, 0.05) is 17.1 Å². The second-order valence-corrected chi connectivity index (χ2v) is 5.89. The minimum absolute atomic E-state index is 0.0416. The maximum absolute atomic E-state index is 12.3. The van der Waals surface area contributed by atoms with Crippen molar-refractivity contribution in [1.29, 1.82) is 0 Å². The number of carbonyl (C=O) groups is 2. The molecule has 21 heavy (non-hydrogen) atoms. The summed E-state index contributed by atoms with van der Waals surface area (Å²) in [5.74, 6) is -1.46. The zero-order chi connectivity index (χ0) is 15.6. The van der Waals surface area contributed by atoms with Gasteiger partial charge in [-0.2, -0.15) is 0 Å². The van der Waals surface area contributed by atoms with Crippen molar-refractivity contribution < 1.29 is 14.7 Å². The Morgan fingerprint density at radius 2 is 1.90 bits per heavy atom. The van der Waals surface area contributed by atoms with Crippen LogP contribution in [0.15, 0.2) is 18.2 Å². The Hall–Kier alpha value is -1.75. The van der Waals surface area contributed by atoms with E-state index in [-0.39, 0.29) is 23.5 Å². The topological polar surface area (TPSA) is 69.6 Å². The number of rotatable bonds is 1. The molecule has 0 spiro atoms. The molecule has 1 heterocycles. The minimum atomic E-state index is -0.756. The van der Waals surface area contributed by atoms with Gasteiger partial charge in [0.25, 0.3) is 0 Å². The Labute approximate surface area is 128 Å². The molecular formula is C15H19ClN2O3. The van der Waals surface area contributed by atoms with Crippen molar-refractivity contribution in [3.63, 3.8) is 0 Å². The summed E-state index contributed by atoms with van der Waals surface area (Å²) in [5.41, 5.74) is 0.137. The largest absolute Gasteiger partial charge is 0.506 e. The van der Waals surface area contributed by atoms with Crippen LogP contribution in [0.5, 0.6) is 5.75 Å². The van der Waals surface area contributed by atoms with Crippen LogP contribution < -0.4 is 5.32 Å². The lowest BCUT2D eigenvalue weighted by Gasteiger charge is -2.38. The van der Waals surface area contributed by atoms with Crippen LogP contribution in [-0.4, -0.2) is 33.9 Å². The van der Waals surface area contributed by atoms with Gasteiger partial charge in [-0.05, 0) is 51.3 Å². The van der Waals surface area contributed by atoms with E-state index < -0.39 is 11.8 Å². The van der Waals surface area contributed by atoms with E-state index >= 15 is 0 Å². The van der Waals surface area contributed by atoms with E-state index in [1.54, 1.807) is 4.90 Å². The van der Waals surface area contributed by atoms with Crippen LogP contribution in [-0.2, 0) is 9.59 Å². The SMILES string of the molecule is CC1CCCC(C)N1C(=O)C(=O)Nc1cc(Cl)ccc1O. The molecule has 2 N–H and O–H groups in total. The van der Waals surface area contributed by atoms with E-state index in [4.69, 9.17) is 11.6 Å². The fourth-order valence-corrected chi connectivity index (χ4v) is 2.90. The van der Waals surface area contributed by atoms with Gasteiger partial charge in [0.2, 0.25) is 0 Å². The van der Waals surface area contributed by atoms with Gasteiger partial charge in [0.05, 0.1) is 5.69 Å². The minimum Gasteiger partial charge on any atom is -0.506 e. The molecule has 1 aromatic carbocycles. The van der Waals surface area contributed by atoms with Crippen molar-refractivity contribution >= 4 is 29.1 Å². The first-order valence-corrected chi connectivity index (χ1v) is 7.40. The standard InChI is InChI=1S/C15H19ClN2O3/c1-9-4-3-5-10(2)18(9)15(21)14(20)17-12-8-11(16)6-7-13(12)19/h6-10,19H,3-5H2,1-2H3,(H,17,20). The summed E-state index contributed by atoms with van der Waals surface area (Å²) in [7, 11) is 0. The average Bonchev–Trinajstić information content (AvgIpc) is 2.42. The van der Waals surface area contributed by atoms with Crippen LogP contribution in [0.1, 0.15) is 33.1 Å². The number of carbonyl (C=O) groups excluding carboxylic acids is 2. The highest BCUT2D eigenvalue weighted by Crippen LogP contribution is 2.27. The summed E-state index contributed by atoms with van der Waals surface area (Å²) < 4.78 is 0. The Bertz CT molecular complexity index is 552. The first-order valence-electron chi connectivity index (χ1n) is 7.02. The normalized spacial score (nSPS) is 22.0. The molecule has 0 aliphatic carbocycles. The maximum atomic E-state index is 12.3. The van der Waals surface area contributed by atoms with Crippen LogP contribution in [0, 0.1) is 0 Å². The van der Waals surface area contributed by atoms with Crippen LogP contribution in [0.2, 0.25) is 5.02 Å². The van der Waals surface area contributed by atoms with Gasteiger partial charge < -0.3 is 15.3 Å². The summed E-state index contributed by atoms with van der Waals surface area (Å²) >= 11 is 5.82. The molecule has 6 heteroatoms. The number of benzene rings is 1. The van der Waals surface area contributed by atoms with E-state index in [2.05, 4.69) is 5.32 Å². The quantitative estimate of drug-likeness (QED) is 0.619. The number of phenols is 1. The predicted molar refractivity (Wildman–Crippen MR) is 81.4 cm³/mol. The highest BCUT2D eigenvalue weighted by atomic mass is 35.5. The lowest BCUT2D eigenvalue weighted by Crippen LogP contribution is -2.51. The number of amides is 2. The fourth-order valence-electron chi connectivity index (χ4n) is 2.72. The number of nitrogens with one attached hydrogen (secondary N) is 1. The molecule has 1 aromatic rings. The molecule has 1 aliphatic rings. The molecule has 1 fully saturated rings. The summed E-state index contributed by atoms with van der Waals surface area (Å²) in [6.07, 6.45) is 2.85. The zero-order valence-corrected chi connectivity index (χ0v) is 12.9. The second-order valence-electron chi connectivity index (χ2n) is 5.46. The summed E-state index contributed by atoms with van der Waals surface area (Å²) in [6.45, 7) is 3.88. The number of hydrogen-bond donors (Lipinski definition) is 2. The fraction of sp³-hybridized carbons (Fsp3) is 0.467. The summed E-state index contributed by atoms with van der Waals surface area (Å²) in [5, 5.41) is 12.5. The van der Waals surface area contributed by atoms with Crippen LogP contribution in [0.25, 0.3) is 0 Å². The van der Waals surface area contributed by atoms with E-state index in [9.17, 15) is 14.7 Å². The first-order chi connectivity index (χ1) is 9.90. The van der Waals surface area contributed by atoms with Crippen LogP contribution >= 0.6 is 11.6 Å². The number of nitrogens with zero attached hydrogens (tertiary/aromatic N) is 1. The molecule has 5 nitrogen and oxygen atoms in total. The van der Waals surface area contributed by atoms with Gasteiger partial charge in [0.15, 0.2) is 0 Å². The molecular weight excluding hydrogens is 292 g/mol. The third-order valence-electron chi connectivity index (χ3n) is 3.83. The highest BCUT2D eigenvalue weighted by molar-refractivity contribution is 6.40. The third kappa shape index (κ3) is 3.47. The van der Waals surface area contributed by atoms with E-state index in [0.717, 1.165) is 19.3 Å². The van der Waals surface area contributed by atoms with E-state index in [1.807, 2.05) is 13.8 Å². The number of anilines is 1.